The number of nitrogens with zero attached hydrogens (tertiary/aromatic N) is 1. The van der Waals surface area contributed by atoms with Crippen molar-refractivity contribution in [3.63, 3.8) is 0 Å². The Hall–Kier alpha value is -1.73. The van der Waals surface area contributed by atoms with Gasteiger partial charge in [-0.1, -0.05) is 11.6 Å². The van der Waals surface area contributed by atoms with Crippen molar-refractivity contribution in [3.8, 4) is 5.88 Å². The van der Waals surface area contributed by atoms with Gasteiger partial charge >= 0.3 is 10.4 Å². The van der Waals surface area contributed by atoms with Crippen LogP contribution in [0, 0.1) is 6.92 Å². The van der Waals surface area contributed by atoms with Crippen LogP contribution < -0.4 is 4.28 Å². The van der Waals surface area contributed by atoms with E-state index in [0.717, 1.165) is 5.56 Å². The van der Waals surface area contributed by atoms with E-state index in [0.29, 0.717) is 15.6 Å². The molecule has 0 aliphatic carbocycles. The van der Waals surface area contributed by atoms with E-state index in [2.05, 4.69) is 4.28 Å². The van der Waals surface area contributed by atoms with Crippen LogP contribution in [-0.2, 0) is 10.4 Å². The molecule has 0 saturated heterocycles. The first kappa shape index (κ1) is 10.8. The van der Waals surface area contributed by atoms with Gasteiger partial charge in [-0.3, -0.25) is 8.84 Å². The second-order valence-electron chi connectivity index (χ2n) is 3.36. The Morgan fingerprint density at radius 2 is 2.00 bits per heavy atom. The van der Waals surface area contributed by atoms with Crippen LogP contribution in [-0.4, -0.2) is 22.8 Å². The molecule has 6 nitrogen and oxygen atoms in total. The Bertz CT molecular complexity index is 643. The maximum Gasteiger partial charge on any atom is 0.465 e. The second-order valence-corrected chi connectivity index (χ2v) is 4.37. The molecule has 16 heavy (non-hydrogen) atoms. The van der Waals surface area contributed by atoms with Gasteiger partial charge in [-0.2, -0.15) is 8.42 Å². The van der Waals surface area contributed by atoms with Gasteiger partial charge in [0, 0.05) is 11.5 Å². The zero-order valence-electron chi connectivity index (χ0n) is 8.28. The summed E-state index contributed by atoms with van der Waals surface area (Å²) >= 11 is 0. The van der Waals surface area contributed by atoms with E-state index in [4.69, 9.17) is 4.55 Å². The summed E-state index contributed by atoms with van der Waals surface area (Å²) in [6.07, 6.45) is 0. The molecule has 2 rings (SSSR count). The van der Waals surface area contributed by atoms with Crippen LogP contribution >= 0.6 is 0 Å². The number of aromatic nitrogens is 1. The fraction of sp³-hybridized carbons (Fsp3) is 0.111. The van der Waals surface area contributed by atoms with Crippen LogP contribution in [0.15, 0.2) is 24.3 Å². The molecule has 1 heterocycles. The summed E-state index contributed by atoms with van der Waals surface area (Å²) in [5.41, 5.74) is 1.30. The highest BCUT2D eigenvalue weighted by Gasteiger charge is 2.14. The largest absolute Gasteiger partial charge is 0.492 e. The molecule has 7 heteroatoms. The summed E-state index contributed by atoms with van der Waals surface area (Å²) < 4.78 is 34.5. The van der Waals surface area contributed by atoms with Gasteiger partial charge in [0.15, 0.2) is 0 Å². The number of aryl methyl sites for hydroxylation is 1. The molecule has 0 unspecified atom stereocenters. The number of hydrogen-bond acceptors (Lipinski definition) is 4. The third-order valence-corrected chi connectivity index (χ3v) is 2.40. The van der Waals surface area contributed by atoms with Crippen LogP contribution in [0.1, 0.15) is 5.56 Å². The summed E-state index contributed by atoms with van der Waals surface area (Å²) in [5.74, 6) is -0.404. The fourth-order valence-electron chi connectivity index (χ4n) is 1.47. The monoisotopic (exact) mass is 243 g/mol. The quantitative estimate of drug-likeness (QED) is 0.764. The summed E-state index contributed by atoms with van der Waals surface area (Å²) in [6, 6.07) is 6.40. The molecule has 0 spiro atoms. The predicted octanol–water partition coefficient (Wildman–Crippen LogP) is 0.887. The van der Waals surface area contributed by atoms with Crippen LogP contribution in [0.2, 0.25) is 0 Å². The molecule has 1 aromatic heterocycles. The lowest BCUT2D eigenvalue weighted by Crippen LogP contribution is -2.18. The van der Waals surface area contributed by atoms with Crippen LogP contribution in [0.25, 0.3) is 10.9 Å². The lowest BCUT2D eigenvalue weighted by molar-refractivity contribution is 0.218. The Morgan fingerprint density at radius 1 is 1.31 bits per heavy atom. The molecule has 0 atom stereocenters. The zero-order chi connectivity index (χ0) is 11.9. The van der Waals surface area contributed by atoms with Crippen molar-refractivity contribution >= 4 is 21.3 Å². The van der Waals surface area contributed by atoms with Crippen molar-refractivity contribution < 1.29 is 22.4 Å². The van der Waals surface area contributed by atoms with Gasteiger partial charge in [-0.15, -0.1) is 4.73 Å². The topological polar surface area (TPSA) is 88.8 Å². The minimum absolute atomic E-state index is 0.348. The first-order chi connectivity index (χ1) is 7.37. The first-order valence-electron chi connectivity index (χ1n) is 4.35. The summed E-state index contributed by atoms with van der Waals surface area (Å²) in [7, 11) is -4.67. The average molecular weight is 243 g/mol. The molecule has 0 fully saturated rings. The number of benzene rings is 1. The molecule has 86 valence electrons. The van der Waals surface area contributed by atoms with Crippen molar-refractivity contribution in [2.75, 3.05) is 0 Å². The molecule has 0 aliphatic rings. The molecule has 2 aromatic rings. The highest BCUT2D eigenvalue weighted by atomic mass is 32.3. The van der Waals surface area contributed by atoms with Gasteiger partial charge in [-0.25, -0.2) is 0 Å². The van der Waals surface area contributed by atoms with Crippen molar-refractivity contribution in [1.82, 2.24) is 4.73 Å². The molecule has 0 bridgehead atoms. The van der Waals surface area contributed by atoms with Gasteiger partial charge in [0.2, 0.25) is 5.88 Å². The van der Waals surface area contributed by atoms with Crippen molar-refractivity contribution in [1.29, 1.82) is 0 Å². The molecule has 2 N–H and O–H groups in total. The highest BCUT2D eigenvalue weighted by molar-refractivity contribution is 7.81. The second kappa shape index (κ2) is 3.39. The summed E-state index contributed by atoms with van der Waals surface area (Å²) in [4.78, 5) is 0. The molecule has 0 aliphatic heterocycles. The molecular weight excluding hydrogens is 234 g/mol. The first-order valence-corrected chi connectivity index (χ1v) is 5.72. The third-order valence-electron chi connectivity index (χ3n) is 2.06. The molecule has 0 amide bonds. The lowest BCUT2D eigenvalue weighted by Gasteiger charge is -2.04. The fourth-order valence-corrected chi connectivity index (χ4v) is 1.81. The van der Waals surface area contributed by atoms with Gasteiger partial charge in [0.25, 0.3) is 0 Å². The zero-order valence-corrected chi connectivity index (χ0v) is 9.10. The van der Waals surface area contributed by atoms with Crippen LogP contribution in [0.4, 0.5) is 0 Å². The Kier molecular flexibility index (Phi) is 2.28. The van der Waals surface area contributed by atoms with E-state index >= 15 is 0 Å². The van der Waals surface area contributed by atoms with Gasteiger partial charge in [0.05, 0.1) is 5.52 Å². The van der Waals surface area contributed by atoms with Crippen molar-refractivity contribution in [2.45, 2.75) is 6.92 Å². The van der Waals surface area contributed by atoms with E-state index in [-0.39, 0.29) is 0 Å². The van der Waals surface area contributed by atoms with E-state index in [9.17, 15) is 13.5 Å². The maximum absolute atomic E-state index is 10.6. The minimum Gasteiger partial charge on any atom is -0.492 e. The molecular formula is C9H9NO5S. The Balaban J connectivity index is 2.65. The average Bonchev–Trinajstić information content (AvgIpc) is 2.40. The van der Waals surface area contributed by atoms with E-state index < -0.39 is 16.3 Å². The minimum atomic E-state index is -4.67. The lowest BCUT2D eigenvalue weighted by atomic mass is 10.2. The smallest absolute Gasteiger partial charge is 0.465 e. The van der Waals surface area contributed by atoms with Gasteiger partial charge in [-0.05, 0) is 19.1 Å². The molecule has 0 radical (unpaired) electrons. The number of aromatic hydroxyl groups is 1. The van der Waals surface area contributed by atoms with Crippen LogP contribution in [0.5, 0.6) is 5.88 Å². The van der Waals surface area contributed by atoms with E-state index in [1.165, 1.54) is 6.07 Å². The summed E-state index contributed by atoms with van der Waals surface area (Å²) in [6.45, 7) is 1.86. The van der Waals surface area contributed by atoms with Gasteiger partial charge in [0.1, 0.15) is 0 Å². The number of rotatable bonds is 2. The van der Waals surface area contributed by atoms with Crippen molar-refractivity contribution in [2.24, 2.45) is 0 Å². The standard InChI is InChI=1S/C9H9NO5S/c1-6-2-3-8-7(4-6)5-9(11)10(8)15-16(12,13)14/h2-5,11H,1H3,(H,12,13,14). The van der Waals surface area contributed by atoms with Crippen molar-refractivity contribution in [3.05, 3.63) is 29.8 Å². The third kappa shape index (κ3) is 1.95. The predicted molar refractivity (Wildman–Crippen MR) is 56.5 cm³/mol. The Morgan fingerprint density at radius 3 is 2.62 bits per heavy atom. The van der Waals surface area contributed by atoms with E-state index in [1.54, 1.807) is 18.2 Å². The highest BCUT2D eigenvalue weighted by Crippen LogP contribution is 2.24. The van der Waals surface area contributed by atoms with Gasteiger partial charge < -0.3 is 5.11 Å². The summed E-state index contributed by atoms with van der Waals surface area (Å²) in [5, 5.41) is 10.1. The Labute approximate surface area is 91.6 Å². The number of hydrogen-bond donors (Lipinski definition) is 2. The number of fused-ring (bicyclic) bond motifs is 1. The SMILES string of the molecule is Cc1ccc2c(c1)cc(O)n2OS(=O)(=O)O. The van der Waals surface area contributed by atoms with Crippen LogP contribution in [0.3, 0.4) is 0 Å². The van der Waals surface area contributed by atoms with E-state index in [1.807, 2.05) is 6.92 Å². The molecule has 0 saturated carbocycles. The normalized spacial score (nSPS) is 11.9. The molecule has 1 aromatic carbocycles. The maximum atomic E-state index is 10.6.